The van der Waals surface area contributed by atoms with Crippen LogP contribution in [0.15, 0.2) is 42.5 Å². The Morgan fingerprint density at radius 2 is 1.36 bits per heavy atom. The largest absolute Gasteiger partial charge is 0.326 e. The van der Waals surface area contributed by atoms with E-state index in [1.54, 1.807) is 24.3 Å². The molecule has 2 N–H and O–H groups in total. The van der Waals surface area contributed by atoms with Gasteiger partial charge in [0, 0.05) is 23.9 Å². The SMILES string of the molecule is CC(=O)Nc1ccc(NC(=O)c2ccc(C(C)C)cc2C(C)C)cc1. The Bertz CT molecular complexity index is 762. The number of carbonyl (C=O) groups excluding carboxylic acids is 2. The van der Waals surface area contributed by atoms with Crippen molar-refractivity contribution < 1.29 is 9.59 Å². The van der Waals surface area contributed by atoms with E-state index in [2.05, 4.69) is 44.4 Å². The normalized spacial score (nSPS) is 10.8. The van der Waals surface area contributed by atoms with Gasteiger partial charge in [0.1, 0.15) is 0 Å². The summed E-state index contributed by atoms with van der Waals surface area (Å²) < 4.78 is 0. The number of benzene rings is 2. The molecule has 2 aromatic rings. The molecule has 0 saturated carbocycles. The molecule has 0 radical (unpaired) electrons. The standard InChI is InChI=1S/C21H26N2O2/c1-13(2)16-6-11-19(20(12-16)14(3)4)21(25)23-18-9-7-17(8-10-18)22-15(5)24/h6-14H,1-5H3,(H,22,24)(H,23,25). The van der Waals surface area contributed by atoms with E-state index in [-0.39, 0.29) is 17.7 Å². The lowest BCUT2D eigenvalue weighted by atomic mass is 9.91. The molecule has 132 valence electrons. The molecule has 0 heterocycles. The maximum Gasteiger partial charge on any atom is 0.255 e. The topological polar surface area (TPSA) is 58.2 Å². The minimum Gasteiger partial charge on any atom is -0.326 e. The Hall–Kier alpha value is -2.62. The second-order valence-electron chi connectivity index (χ2n) is 6.87. The first-order valence-corrected chi connectivity index (χ1v) is 8.60. The van der Waals surface area contributed by atoms with Crippen LogP contribution in [0.5, 0.6) is 0 Å². The average Bonchev–Trinajstić information content (AvgIpc) is 2.55. The third-order valence-electron chi connectivity index (χ3n) is 4.07. The average molecular weight is 338 g/mol. The van der Waals surface area contributed by atoms with Crippen molar-refractivity contribution >= 4 is 23.2 Å². The Kier molecular flexibility index (Phi) is 5.97. The van der Waals surface area contributed by atoms with Crippen LogP contribution in [-0.4, -0.2) is 11.8 Å². The van der Waals surface area contributed by atoms with Crippen LogP contribution in [0.4, 0.5) is 11.4 Å². The molecule has 0 aliphatic rings. The molecule has 0 spiro atoms. The van der Waals surface area contributed by atoms with E-state index in [1.165, 1.54) is 12.5 Å². The van der Waals surface area contributed by atoms with Crippen LogP contribution in [0, 0.1) is 0 Å². The quantitative estimate of drug-likeness (QED) is 0.792. The van der Waals surface area contributed by atoms with Gasteiger partial charge in [-0.15, -0.1) is 0 Å². The minimum atomic E-state index is -0.122. The lowest BCUT2D eigenvalue weighted by Crippen LogP contribution is -2.15. The van der Waals surface area contributed by atoms with Crippen LogP contribution >= 0.6 is 0 Å². The fourth-order valence-electron chi connectivity index (χ4n) is 2.66. The molecule has 0 aliphatic carbocycles. The Morgan fingerprint density at radius 1 is 0.800 bits per heavy atom. The number of nitrogens with one attached hydrogen (secondary N) is 2. The van der Waals surface area contributed by atoms with E-state index >= 15 is 0 Å². The Labute approximate surface area is 149 Å². The molecular formula is C21H26N2O2. The minimum absolute atomic E-state index is 0.119. The molecule has 4 heteroatoms. The third kappa shape index (κ3) is 4.92. The first-order valence-electron chi connectivity index (χ1n) is 8.60. The van der Waals surface area contributed by atoms with Gasteiger partial charge in [-0.3, -0.25) is 9.59 Å². The van der Waals surface area contributed by atoms with E-state index in [0.717, 1.165) is 5.56 Å². The van der Waals surface area contributed by atoms with Crippen molar-refractivity contribution in [1.29, 1.82) is 0 Å². The van der Waals surface area contributed by atoms with E-state index in [0.29, 0.717) is 22.9 Å². The summed E-state index contributed by atoms with van der Waals surface area (Å²) in [6.07, 6.45) is 0. The van der Waals surface area contributed by atoms with Gasteiger partial charge in [0.2, 0.25) is 5.91 Å². The van der Waals surface area contributed by atoms with Crippen LogP contribution < -0.4 is 10.6 Å². The number of carbonyl (C=O) groups is 2. The molecular weight excluding hydrogens is 312 g/mol. The predicted octanol–water partition coefficient (Wildman–Crippen LogP) is 5.14. The molecule has 0 aromatic heterocycles. The number of hydrogen-bond acceptors (Lipinski definition) is 2. The highest BCUT2D eigenvalue weighted by molar-refractivity contribution is 6.05. The first-order chi connectivity index (χ1) is 11.8. The second kappa shape index (κ2) is 7.97. The van der Waals surface area contributed by atoms with Crippen molar-refractivity contribution in [3.8, 4) is 0 Å². The summed E-state index contributed by atoms with van der Waals surface area (Å²) in [5.74, 6) is 0.451. The fraction of sp³-hybridized carbons (Fsp3) is 0.333. The van der Waals surface area contributed by atoms with Gasteiger partial charge >= 0.3 is 0 Å². The molecule has 2 aromatic carbocycles. The van der Waals surface area contributed by atoms with Gasteiger partial charge in [0.15, 0.2) is 0 Å². The zero-order chi connectivity index (χ0) is 18.6. The number of hydrogen-bond donors (Lipinski definition) is 2. The molecule has 0 fully saturated rings. The van der Waals surface area contributed by atoms with E-state index in [9.17, 15) is 9.59 Å². The van der Waals surface area contributed by atoms with Crippen molar-refractivity contribution in [3.63, 3.8) is 0 Å². The van der Waals surface area contributed by atoms with Crippen LogP contribution in [-0.2, 0) is 4.79 Å². The lowest BCUT2D eigenvalue weighted by molar-refractivity contribution is -0.114. The maximum atomic E-state index is 12.7. The van der Waals surface area contributed by atoms with Crippen LogP contribution in [0.25, 0.3) is 0 Å². The monoisotopic (exact) mass is 338 g/mol. The van der Waals surface area contributed by atoms with Crippen molar-refractivity contribution in [2.45, 2.75) is 46.5 Å². The third-order valence-corrected chi connectivity index (χ3v) is 4.07. The van der Waals surface area contributed by atoms with Gasteiger partial charge in [0.25, 0.3) is 5.91 Å². The van der Waals surface area contributed by atoms with Gasteiger partial charge in [-0.25, -0.2) is 0 Å². The highest BCUT2D eigenvalue weighted by Gasteiger charge is 2.15. The highest BCUT2D eigenvalue weighted by atomic mass is 16.2. The maximum absolute atomic E-state index is 12.7. The summed E-state index contributed by atoms with van der Waals surface area (Å²) in [4.78, 5) is 23.8. The highest BCUT2D eigenvalue weighted by Crippen LogP contribution is 2.26. The zero-order valence-corrected chi connectivity index (χ0v) is 15.5. The summed E-state index contributed by atoms with van der Waals surface area (Å²) in [7, 11) is 0. The smallest absolute Gasteiger partial charge is 0.255 e. The van der Waals surface area contributed by atoms with Gasteiger partial charge in [-0.05, 0) is 53.3 Å². The summed E-state index contributed by atoms with van der Waals surface area (Å²) in [5, 5.41) is 5.64. The molecule has 0 saturated heterocycles. The molecule has 2 rings (SSSR count). The molecule has 0 aliphatic heterocycles. The molecule has 4 nitrogen and oxygen atoms in total. The summed E-state index contributed by atoms with van der Waals surface area (Å²) >= 11 is 0. The van der Waals surface area contributed by atoms with Gasteiger partial charge in [-0.1, -0.05) is 39.8 Å². The number of amides is 2. The van der Waals surface area contributed by atoms with E-state index in [1.807, 2.05) is 12.1 Å². The molecule has 0 atom stereocenters. The Morgan fingerprint density at radius 3 is 1.84 bits per heavy atom. The zero-order valence-electron chi connectivity index (χ0n) is 15.5. The van der Waals surface area contributed by atoms with Gasteiger partial charge < -0.3 is 10.6 Å². The van der Waals surface area contributed by atoms with Crippen LogP contribution in [0.1, 0.15) is 67.9 Å². The molecule has 25 heavy (non-hydrogen) atoms. The summed E-state index contributed by atoms with van der Waals surface area (Å²) in [5.41, 5.74) is 4.39. The van der Waals surface area contributed by atoms with Gasteiger partial charge in [-0.2, -0.15) is 0 Å². The second-order valence-corrected chi connectivity index (χ2v) is 6.87. The van der Waals surface area contributed by atoms with Crippen molar-refractivity contribution in [2.75, 3.05) is 10.6 Å². The first kappa shape index (κ1) is 18.7. The summed E-state index contributed by atoms with van der Waals surface area (Å²) in [6, 6.07) is 13.1. The van der Waals surface area contributed by atoms with Crippen LogP contribution in [0.2, 0.25) is 0 Å². The van der Waals surface area contributed by atoms with Crippen molar-refractivity contribution in [1.82, 2.24) is 0 Å². The van der Waals surface area contributed by atoms with Crippen molar-refractivity contribution in [3.05, 3.63) is 59.2 Å². The van der Waals surface area contributed by atoms with Crippen molar-refractivity contribution in [2.24, 2.45) is 0 Å². The lowest BCUT2D eigenvalue weighted by Gasteiger charge is -2.16. The fourth-order valence-corrected chi connectivity index (χ4v) is 2.66. The Balaban J connectivity index is 2.21. The van der Waals surface area contributed by atoms with Gasteiger partial charge in [0.05, 0.1) is 0 Å². The van der Waals surface area contributed by atoms with E-state index in [4.69, 9.17) is 0 Å². The molecule has 0 unspecified atom stereocenters. The van der Waals surface area contributed by atoms with Crippen LogP contribution in [0.3, 0.4) is 0 Å². The van der Waals surface area contributed by atoms with E-state index < -0.39 is 0 Å². The number of anilines is 2. The molecule has 2 amide bonds. The number of rotatable bonds is 5. The molecule has 0 bridgehead atoms. The summed E-state index contributed by atoms with van der Waals surface area (Å²) in [6.45, 7) is 9.95. The predicted molar refractivity (Wildman–Crippen MR) is 103 cm³/mol.